The summed E-state index contributed by atoms with van der Waals surface area (Å²) < 4.78 is 24.4. The summed E-state index contributed by atoms with van der Waals surface area (Å²) in [5.74, 6) is -0.532. The molecule has 0 radical (unpaired) electrons. The summed E-state index contributed by atoms with van der Waals surface area (Å²) in [6, 6.07) is 0. The second-order valence-electron chi connectivity index (χ2n) is 3.44. The average molecular weight is 292 g/mol. The molecule has 0 atom stereocenters. The van der Waals surface area contributed by atoms with Crippen LogP contribution in [0.1, 0.15) is 15.5 Å². The fourth-order valence-electron chi connectivity index (χ4n) is 1.15. The fourth-order valence-corrected chi connectivity index (χ4v) is 2.51. The Morgan fingerprint density at radius 3 is 2.89 bits per heavy atom. The first-order valence-corrected chi connectivity index (χ1v) is 7.85. The molecule has 1 aromatic rings. The third kappa shape index (κ3) is 4.69. The molecule has 0 spiro atoms. The van der Waals surface area contributed by atoms with E-state index in [1.807, 2.05) is 0 Å². The van der Waals surface area contributed by atoms with E-state index in [2.05, 4.69) is 15.0 Å². The maximum absolute atomic E-state index is 11.6. The van der Waals surface area contributed by atoms with Crippen molar-refractivity contribution in [2.75, 3.05) is 25.9 Å². The summed E-state index contributed by atoms with van der Waals surface area (Å²) in [5, 5.41) is 4.93. The van der Waals surface area contributed by atoms with E-state index >= 15 is 0 Å². The fraction of sp³-hybridized carbons (Fsp3) is 0.556. The number of nitrogens with two attached hydrogens (primary N) is 1. The first kappa shape index (κ1) is 15.0. The van der Waals surface area contributed by atoms with Crippen LogP contribution < -0.4 is 15.8 Å². The lowest BCUT2D eigenvalue weighted by Crippen LogP contribution is -2.33. The van der Waals surface area contributed by atoms with Crippen molar-refractivity contribution in [2.24, 2.45) is 5.73 Å². The van der Waals surface area contributed by atoms with Gasteiger partial charge in [-0.1, -0.05) is 0 Å². The Morgan fingerprint density at radius 2 is 2.28 bits per heavy atom. The Balaban J connectivity index is 2.45. The lowest BCUT2D eigenvalue weighted by molar-refractivity contribution is 0.0951. The second-order valence-corrected chi connectivity index (χ2v) is 6.43. The van der Waals surface area contributed by atoms with Crippen molar-refractivity contribution in [2.45, 2.75) is 6.42 Å². The molecule has 0 saturated carbocycles. The molecular formula is C9H16N4O3S2. The van der Waals surface area contributed by atoms with E-state index in [0.717, 1.165) is 5.01 Å². The average Bonchev–Trinajstić information content (AvgIpc) is 2.78. The SMILES string of the molecule is CNS(=O)(=O)CCNC(=O)c1csc(CCN)n1. The van der Waals surface area contributed by atoms with Crippen LogP contribution in [-0.2, 0) is 16.4 Å². The molecule has 4 N–H and O–H groups in total. The van der Waals surface area contributed by atoms with E-state index < -0.39 is 10.0 Å². The van der Waals surface area contributed by atoms with Crippen molar-refractivity contribution in [3.8, 4) is 0 Å². The highest BCUT2D eigenvalue weighted by atomic mass is 32.2. The van der Waals surface area contributed by atoms with E-state index in [1.54, 1.807) is 5.38 Å². The van der Waals surface area contributed by atoms with Crippen molar-refractivity contribution in [1.82, 2.24) is 15.0 Å². The van der Waals surface area contributed by atoms with Crippen LogP contribution in [0.15, 0.2) is 5.38 Å². The first-order valence-electron chi connectivity index (χ1n) is 5.32. The Hall–Kier alpha value is -1.03. The zero-order chi connectivity index (χ0) is 13.6. The number of carbonyl (C=O) groups excluding carboxylic acids is 1. The molecule has 0 aliphatic heterocycles. The van der Waals surface area contributed by atoms with Crippen molar-refractivity contribution in [1.29, 1.82) is 0 Å². The minimum atomic E-state index is -3.30. The zero-order valence-electron chi connectivity index (χ0n) is 9.97. The summed E-state index contributed by atoms with van der Waals surface area (Å²) >= 11 is 1.36. The molecule has 0 aliphatic carbocycles. The Bertz CT molecular complexity index is 498. The summed E-state index contributed by atoms with van der Waals surface area (Å²) in [6.45, 7) is 0.529. The highest BCUT2D eigenvalue weighted by Gasteiger charge is 2.12. The molecule has 0 bridgehead atoms. The minimum absolute atomic E-state index is 0.0474. The van der Waals surface area contributed by atoms with Crippen molar-refractivity contribution >= 4 is 27.3 Å². The Kier molecular flexibility index (Phi) is 5.66. The molecule has 0 aromatic carbocycles. The van der Waals surface area contributed by atoms with Crippen LogP contribution in [0.25, 0.3) is 0 Å². The molecule has 0 aliphatic rings. The summed E-state index contributed by atoms with van der Waals surface area (Å²) in [5.41, 5.74) is 5.68. The largest absolute Gasteiger partial charge is 0.350 e. The molecule has 7 nitrogen and oxygen atoms in total. The number of nitrogens with zero attached hydrogens (tertiary/aromatic N) is 1. The maximum atomic E-state index is 11.6. The summed E-state index contributed by atoms with van der Waals surface area (Å²) in [4.78, 5) is 15.7. The summed E-state index contributed by atoms with van der Waals surface area (Å²) in [6.07, 6.45) is 0.631. The van der Waals surface area contributed by atoms with E-state index in [4.69, 9.17) is 5.73 Å². The number of hydrogen-bond acceptors (Lipinski definition) is 6. The molecule has 1 aromatic heterocycles. The second kappa shape index (κ2) is 6.78. The summed E-state index contributed by atoms with van der Waals surface area (Å²) in [7, 11) is -1.97. The molecule has 0 unspecified atom stereocenters. The molecule has 0 saturated heterocycles. The van der Waals surface area contributed by atoms with E-state index in [0.29, 0.717) is 18.7 Å². The van der Waals surface area contributed by atoms with Crippen LogP contribution in [0.3, 0.4) is 0 Å². The number of aromatic nitrogens is 1. The number of carbonyl (C=O) groups is 1. The van der Waals surface area contributed by atoms with E-state index in [9.17, 15) is 13.2 Å². The van der Waals surface area contributed by atoms with Gasteiger partial charge in [0.2, 0.25) is 10.0 Å². The first-order chi connectivity index (χ1) is 8.48. The molecule has 18 heavy (non-hydrogen) atoms. The number of amides is 1. The predicted octanol–water partition coefficient (Wildman–Crippen LogP) is -1.08. The molecule has 9 heteroatoms. The minimum Gasteiger partial charge on any atom is -0.350 e. The van der Waals surface area contributed by atoms with Gasteiger partial charge in [0.1, 0.15) is 5.69 Å². The maximum Gasteiger partial charge on any atom is 0.270 e. The lowest BCUT2D eigenvalue weighted by atomic mass is 10.4. The van der Waals surface area contributed by atoms with Gasteiger partial charge in [0, 0.05) is 18.3 Å². The van der Waals surface area contributed by atoms with Gasteiger partial charge in [-0.25, -0.2) is 18.1 Å². The van der Waals surface area contributed by atoms with Gasteiger partial charge in [-0.2, -0.15) is 0 Å². The Morgan fingerprint density at radius 1 is 1.56 bits per heavy atom. The molecule has 0 fully saturated rings. The Labute approximate surface area is 110 Å². The van der Waals surface area contributed by atoms with E-state index in [1.165, 1.54) is 18.4 Å². The third-order valence-electron chi connectivity index (χ3n) is 2.11. The van der Waals surface area contributed by atoms with Gasteiger partial charge in [0.05, 0.1) is 10.8 Å². The van der Waals surface area contributed by atoms with Gasteiger partial charge in [-0.15, -0.1) is 11.3 Å². The van der Waals surface area contributed by atoms with Crippen molar-refractivity contribution < 1.29 is 13.2 Å². The number of hydrogen-bond donors (Lipinski definition) is 3. The highest BCUT2D eigenvalue weighted by Crippen LogP contribution is 2.09. The van der Waals surface area contributed by atoms with Gasteiger partial charge in [-0.05, 0) is 13.6 Å². The lowest BCUT2D eigenvalue weighted by Gasteiger charge is -2.03. The zero-order valence-corrected chi connectivity index (χ0v) is 11.6. The molecular weight excluding hydrogens is 276 g/mol. The quantitative estimate of drug-likeness (QED) is 0.591. The van der Waals surface area contributed by atoms with Crippen LogP contribution in [-0.4, -0.2) is 45.2 Å². The van der Waals surface area contributed by atoms with Crippen LogP contribution in [0, 0.1) is 0 Å². The van der Waals surface area contributed by atoms with Gasteiger partial charge >= 0.3 is 0 Å². The number of nitrogens with one attached hydrogen (secondary N) is 2. The van der Waals surface area contributed by atoms with E-state index in [-0.39, 0.29) is 18.2 Å². The normalized spacial score (nSPS) is 11.4. The smallest absolute Gasteiger partial charge is 0.270 e. The standard InChI is InChI=1S/C9H16N4O3S2/c1-11-18(15,16)5-4-12-9(14)7-6-17-8(13-7)2-3-10/h6,11H,2-5,10H2,1H3,(H,12,14). The van der Waals surface area contributed by atoms with Gasteiger partial charge in [0.25, 0.3) is 5.91 Å². The number of thiazole rings is 1. The molecule has 1 heterocycles. The number of sulfonamides is 1. The van der Waals surface area contributed by atoms with Crippen molar-refractivity contribution in [3.05, 3.63) is 16.1 Å². The molecule has 1 amide bonds. The molecule has 1 rings (SSSR count). The van der Waals surface area contributed by atoms with Crippen LogP contribution in [0.4, 0.5) is 0 Å². The highest BCUT2D eigenvalue weighted by molar-refractivity contribution is 7.89. The van der Waals surface area contributed by atoms with Gasteiger partial charge < -0.3 is 11.1 Å². The van der Waals surface area contributed by atoms with Gasteiger partial charge in [0.15, 0.2) is 0 Å². The predicted molar refractivity (Wildman–Crippen MR) is 70.1 cm³/mol. The van der Waals surface area contributed by atoms with Crippen LogP contribution in [0.2, 0.25) is 0 Å². The monoisotopic (exact) mass is 292 g/mol. The third-order valence-corrected chi connectivity index (χ3v) is 4.38. The van der Waals surface area contributed by atoms with Crippen molar-refractivity contribution in [3.63, 3.8) is 0 Å². The number of rotatable bonds is 7. The van der Waals surface area contributed by atoms with Crippen LogP contribution >= 0.6 is 11.3 Å². The van der Waals surface area contributed by atoms with Gasteiger partial charge in [-0.3, -0.25) is 4.79 Å². The van der Waals surface area contributed by atoms with Crippen LogP contribution in [0.5, 0.6) is 0 Å². The topological polar surface area (TPSA) is 114 Å². The molecule has 102 valence electrons.